The lowest BCUT2D eigenvalue weighted by molar-refractivity contribution is -0.0233. The number of allylic oxidation sites excluding steroid dienone is 1. The van der Waals surface area contributed by atoms with Crippen molar-refractivity contribution in [3.8, 4) is 0 Å². The molecular weight excluding hydrogens is 148 g/mol. The van der Waals surface area contributed by atoms with Gasteiger partial charge in [-0.2, -0.15) is 0 Å². The third-order valence-electron chi connectivity index (χ3n) is 1.04. The fraction of sp³-hybridized carbons (Fsp3) is 0.667. The van der Waals surface area contributed by atoms with Crippen LogP contribution in [0.25, 0.3) is 0 Å². The Hall–Kier alpha value is -0.540. The predicted molar refractivity (Wildman–Crippen MR) is 30.4 cm³/mol. The van der Waals surface area contributed by atoms with Crippen molar-refractivity contribution in [1.82, 2.24) is 0 Å². The second-order valence-corrected chi connectivity index (χ2v) is 2.08. The SMILES string of the molecule is C=C(C)C(F)(F)CC(F)F. The highest BCUT2D eigenvalue weighted by Crippen LogP contribution is 2.28. The van der Waals surface area contributed by atoms with Gasteiger partial charge in [0.1, 0.15) is 0 Å². The van der Waals surface area contributed by atoms with Gasteiger partial charge in [-0.3, -0.25) is 0 Å². The first-order valence-electron chi connectivity index (χ1n) is 2.68. The van der Waals surface area contributed by atoms with Crippen molar-refractivity contribution in [2.45, 2.75) is 25.7 Å². The van der Waals surface area contributed by atoms with Crippen LogP contribution in [0, 0.1) is 0 Å². The van der Waals surface area contributed by atoms with Crippen LogP contribution in [0.15, 0.2) is 12.2 Å². The lowest BCUT2D eigenvalue weighted by atomic mass is 10.1. The van der Waals surface area contributed by atoms with Crippen molar-refractivity contribution in [3.05, 3.63) is 12.2 Å². The Bertz CT molecular complexity index is 128. The van der Waals surface area contributed by atoms with Crippen molar-refractivity contribution in [2.24, 2.45) is 0 Å². The van der Waals surface area contributed by atoms with E-state index in [4.69, 9.17) is 0 Å². The van der Waals surface area contributed by atoms with Crippen LogP contribution in [0.2, 0.25) is 0 Å². The number of halogens is 4. The summed E-state index contributed by atoms with van der Waals surface area (Å²) < 4.78 is 47.2. The van der Waals surface area contributed by atoms with Gasteiger partial charge in [0.15, 0.2) is 0 Å². The van der Waals surface area contributed by atoms with E-state index in [2.05, 4.69) is 6.58 Å². The Morgan fingerprint density at radius 3 is 2.00 bits per heavy atom. The normalized spacial score (nSPS) is 12.2. The Labute approximate surface area is 56.5 Å². The standard InChI is InChI=1S/C6H8F4/c1-4(2)6(9,10)3-5(7)8/h5H,1,3H2,2H3. The van der Waals surface area contributed by atoms with Crippen molar-refractivity contribution >= 4 is 0 Å². The van der Waals surface area contributed by atoms with E-state index >= 15 is 0 Å². The Balaban J connectivity index is 4.00. The summed E-state index contributed by atoms with van der Waals surface area (Å²) in [5.41, 5.74) is -0.521. The van der Waals surface area contributed by atoms with Crippen molar-refractivity contribution in [1.29, 1.82) is 0 Å². The van der Waals surface area contributed by atoms with E-state index in [1.165, 1.54) is 0 Å². The molecule has 0 aromatic carbocycles. The van der Waals surface area contributed by atoms with E-state index in [9.17, 15) is 17.6 Å². The molecule has 0 saturated heterocycles. The second-order valence-electron chi connectivity index (χ2n) is 2.08. The smallest absolute Gasteiger partial charge is 0.210 e. The molecule has 0 aromatic rings. The molecule has 0 aliphatic heterocycles. The average molecular weight is 156 g/mol. The number of rotatable bonds is 3. The van der Waals surface area contributed by atoms with Gasteiger partial charge >= 0.3 is 0 Å². The van der Waals surface area contributed by atoms with Gasteiger partial charge in [0.05, 0.1) is 6.42 Å². The van der Waals surface area contributed by atoms with Gasteiger partial charge in [0, 0.05) is 0 Å². The van der Waals surface area contributed by atoms with Gasteiger partial charge in [-0.25, -0.2) is 17.6 Å². The first-order valence-corrected chi connectivity index (χ1v) is 2.68. The van der Waals surface area contributed by atoms with Crippen LogP contribution in [0.5, 0.6) is 0 Å². The number of hydrogen-bond donors (Lipinski definition) is 0. The highest BCUT2D eigenvalue weighted by molar-refractivity contribution is 5.03. The average Bonchev–Trinajstić information content (AvgIpc) is 1.60. The summed E-state index contributed by atoms with van der Waals surface area (Å²) in [7, 11) is 0. The summed E-state index contributed by atoms with van der Waals surface area (Å²) in [4.78, 5) is 0. The molecule has 0 spiro atoms. The molecule has 0 radical (unpaired) electrons. The summed E-state index contributed by atoms with van der Waals surface area (Å²) in [5, 5.41) is 0. The van der Waals surface area contributed by atoms with Gasteiger partial charge < -0.3 is 0 Å². The number of alkyl halides is 4. The molecule has 0 rings (SSSR count). The molecule has 0 nitrogen and oxygen atoms in total. The van der Waals surface area contributed by atoms with Crippen LogP contribution in [0.3, 0.4) is 0 Å². The summed E-state index contributed by atoms with van der Waals surface area (Å²) in [5.74, 6) is -3.42. The minimum Gasteiger partial charge on any atom is -0.210 e. The summed E-state index contributed by atoms with van der Waals surface area (Å²) in [6, 6.07) is 0. The molecule has 0 aromatic heterocycles. The van der Waals surface area contributed by atoms with Gasteiger partial charge in [-0.15, -0.1) is 0 Å². The molecule has 0 atom stereocenters. The van der Waals surface area contributed by atoms with E-state index in [1.807, 2.05) is 0 Å². The molecule has 0 bridgehead atoms. The fourth-order valence-corrected chi connectivity index (χ4v) is 0.368. The maximum Gasteiger partial charge on any atom is 0.274 e. The third-order valence-corrected chi connectivity index (χ3v) is 1.04. The molecule has 0 unspecified atom stereocenters. The monoisotopic (exact) mass is 156 g/mol. The van der Waals surface area contributed by atoms with Crippen LogP contribution >= 0.6 is 0 Å². The van der Waals surface area contributed by atoms with Crippen LogP contribution in [-0.4, -0.2) is 12.3 Å². The molecule has 0 heterocycles. The molecule has 0 aliphatic rings. The quantitative estimate of drug-likeness (QED) is 0.435. The van der Waals surface area contributed by atoms with Gasteiger partial charge in [-0.1, -0.05) is 6.58 Å². The Morgan fingerprint density at radius 1 is 1.50 bits per heavy atom. The zero-order valence-corrected chi connectivity index (χ0v) is 5.50. The summed E-state index contributed by atoms with van der Waals surface area (Å²) in [6.45, 7) is 3.93. The second kappa shape index (κ2) is 3.03. The molecule has 4 heteroatoms. The van der Waals surface area contributed by atoms with Crippen molar-refractivity contribution < 1.29 is 17.6 Å². The van der Waals surface area contributed by atoms with Crippen LogP contribution < -0.4 is 0 Å². The van der Waals surface area contributed by atoms with Crippen molar-refractivity contribution in [2.75, 3.05) is 0 Å². The maximum atomic E-state index is 12.2. The minimum atomic E-state index is -3.42. The van der Waals surface area contributed by atoms with Gasteiger partial charge in [-0.05, 0) is 12.5 Å². The minimum absolute atomic E-state index is 0.521. The van der Waals surface area contributed by atoms with Gasteiger partial charge in [0.25, 0.3) is 5.92 Å². The summed E-state index contributed by atoms with van der Waals surface area (Å²) in [6.07, 6.45) is -4.41. The topological polar surface area (TPSA) is 0 Å². The molecule has 0 aliphatic carbocycles. The highest BCUT2D eigenvalue weighted by atomic mass is 19.3. The van der Waals surface area contributed by atoms with E-state index in [0.29, 0.717) is 0 Å². The molecular formula is C6H8F4. The van der Waals surface area contributed by atoms with Gasteiger partial charge in [0.2, 0.25) is 6.43 Å². The highest BCUT2D eigenvalue weighted by Gasteiger charge is 2.33. The molecule has 10 heavy (non-hydrogen) atoms. The zero-order chi connectivity index (χ0) is 8.36. The van der Waals surface area contributed by atoms with Crippen molar-refractivity contribution in [3.63, 3.8) is 0 Å². The third kappa shape index (κ3) is 2.85. The Kier molecular flexibility index (Phi) is 2.87. The van der Waals surface area contributed by atoms with Crippen LogP contribution in [0.1, 0.15) is 13.3 Å². The number of hydrogen-bond acceptors (Lipinski definition) is 0. The van der Waals surface area contributed by atoms with Crippen LogP contribution in [-0.2, 0) is 0 Å². The predicted octanol–water partition coefficient (Wildman–Crippen LogP) is 2.85. The maximum absolute atomic E-state index is 12.2. The van der Waals surface area contributed by atoms with E-state index in [-0.39, 0.29) is 0 Å². The zero-order valence-electron chi connectivity index (χ0n) is 5.50. The van der Waals surface area contributed by atoms with E-state index in [1.54, 1.807) is 0 Å². The fourth-order valence-electron chi connectivity index (χ4n) is 0.368. The Morgan fingerprint density at radius 2 is 1.90 bits per heavy atom. The first kappa shape index (κ1) is 9.46. The molecule has 60 valence electrons. The lowest BCUT2D eigenvalue weighted by Gasteiger charge is -2.14. The summed E-state index contributed by atoms with van der Waals surface area (Å²) >= 11 is 0. The largest absolute Gasteiger partial charge is 0.274 e. The first-order chi connectivity index (χ1) is 4.36. The lowest BCUT2D eigenvalue weighted by Crippen LogP contribution is -2.20. The van der Waals surface area contributed by atoms with E-state index in [0.717, 1.165) is 6.92 Å². The molecule has 0 N–H and O–H groups in total. The van der Waals surface area contributed by atoms with E-state index < -0.39 is 24.3 Å². The molecule has 0 saturated carbocycles. The van der Waals surface area contributed by atoms with Crippen LogP contribution in [0.4, 0.5) is 17.6 Å². The molecule has 0 fully saturated rings. The molecule has 0 amide bonds.